The molecule has 1 heterocycles. The number of hydrogen-bond acceptors (Lipinski definition) is 5. The van der Waals surface area contributed by atoms with Crippen LogP contribution in [-0.4, -0.2) is 28.6 Å². The Morgan fingerprint density at radius 3 is 2.70 bits per heavy atom. The van der Waals surface area contributed by atoms with Crippen molar-refractivity contribution >= 4 is 21.4 Å². The lowest BCUT2D eigenvalue weighted by atomic mass is 10.2. The SMILES string of the molecule is O=S(=O)(Cc1ccccc1Cl)Cc1nnnn1C1CC1. The van der Waals surface area contributed by atoms with E-state index in [2.05, 4.69) is 15.5 Å². The zero-order chi connectivity index (χ0) is 14.2. The molecule has 0 spiro atoms. The topological polar surface area (TPSA) is 77.7 Å². The van der Waals surface area contributed by atoms with Crippen molar-refractivity contribution in [3.8, 4) is 0 Å². The van der Waals surface area contributed by atoms with E-state index in [1.54, 1.807) is 28.9 Å². The summed E-state index contributed by atoms with van der Waals surface area (Å²) in [6, 6.07) is 7.19. The molecule has 1 aromatic heterocycles. The molecule has 6 nitrogen and oxygen atoms in total. The molecule has 0 atom stereocenters. The van der Waals surface area contributed by atoms with Crippen LogP contribution in [0.2, 0.25) is 5.02 Å². The Bertz CT molecular complexity index is 725. The van der Waals surface area contributed by atoms with Gasteiger partial charge in [0.15, 0.2) is 15.7 Å². The van der Waals surface area contributed by atoms with Crippen LogP contribution in [0.25, 0.3) is 0 Å². The Morgan fingerprint density at radius 1 is 1.25 bits per heavy atom. The number of rotatable bonds is 5. The van der Waals surface area contributed by atoms with Crippen LogP contribution in [0.4, 0.5) is 0 Å². The highest BCUT2D eigenvalue weighted by molar-refractivity contribution is 7.89. The quantitative estimate of drug-likeness (QED) is 0.841. The predicted octanol–water partition coefficient (Wildman–Crippen LogP) is 1.78. The number of sulfone groups is 1. The standard InChI is InChI=1S/C12H13ClN4O2S/c13-11-4-2-1-3-9(11)7-20(18,19)8-12-14-15-16-17(12)10-5-6-10/h1-4,10H,5-8H2. The molecular formula is C12H13ClN4O2S. The summed E-state index contributed by atoms with van der Waals surface area (Å²) in [4.78, 5) is 0. The molecule has 106 valence electrons. The van der Waals surface area contributed by atoms with Gasteiger partial charge in [0.05, 0.1) is 11.8 Å². The summed E-state index contributed by atoms with van der Waals surface area (Å²) < 4.78 is 26.1. The van der Waals surface area contributed by atoms with Crippen molar-refractivity contribution < 1.29 is 8.42 Å². The Hall–Kier alpha value is -1.47. The first-order chi connectivity index (χ1) is 9.55. The van der Waals surface area contributed by atoms with E-state index < -0.39 is 9.84 Å². The van der Waals surface area contributed by atoms with Crippen molar-refractivity contribution in [2.45, 2.75) is 30.4 Å². The first kappa shape index (κ1) is 13.5. The largest absolute Gasteiger partial charge is 0.228 e. The van der Waals surface area contributed by atoms with E-state index in [9.17, 15) is 8.42 Å². The van der Waals surface area contributed by atoms with E-state index in [0.29, 0.717) is 16.4 Å². The average molecular weight is 313 g/mol. The molecule has 0 amide bonds. The molecule has 8 heteroatoms. The maximum atomic E-state index is 12.2. The van der Waals surface area contributed by atoms with Crippen molar-refractivity contribution in [3.05, 3.63) is 40.7 Å². The zero-order valence-corrected chi connectivity index (χ0v) is 12.2. The highest BCUT2D eigenvalue weighted by Gasteiger charge is 2.29. The Labute approximate surface area is 121 Å². The van der Waals surface area contributed by atoms with Crippen LogP contribution < -0.4 is 0 Å². The van der Waals surface area contributed by atoms with Gasteiger partial charge in [-0.3, -0.25) is 0 Å². The number of nitrogens with zero attached hydrogens (tertiary/aromatic N) is 4. The molecule has 0 aliphatic heterocycles. The maximum absolute atomic E-state index is 12.2. The molecule has 0 unspecified atom stereocenters. The monoisotopic (exact) mass is 312 g/mol. The van der Waals surface area contributed by atoms with Gasteiger partial charge in [-0.2, -0.15) is 0 Å². The molecule has 1 aliphatic rings. The third-order valence-corrected chi connectivity index (χ3v) is 4.95. The normalized spacial score (nSPS) is 15.4. The second kappa shape index (κ2) is 5.14. The molecule has 3 rings (SSSR count). The number of tetrazole rings is 1. The summed E-state index contributed by atoms with van der Waals surface area (Å²) >= 11 is 5.99. The molecular weight excluding hydrogens is 300 g/mol. The number of aromatic nitrogens is 4. The lowest BCUT2D eigenvalue weighted by Gasteiger charge is -2.06. The molecule has 0 bridgehead atoms. The van der Waals surface area contributed by atoms with Gasteiger partial charge in [-0.05, 0) is 34.9 Å². The molecule has 20 heavy (non-hydrogen) atoms. The fraction of sp³-hybridized carbons (Fsp3) is 0.417. The molecule has 1 saturated carbocycles. The number of benzene rings is 1. The van der Waals surface area contributed by atoms with Gasteiger partial charge in [0.2, 0.25) is 0 Å². The summed E-state index contributed by atoms with van der Waals surface area (Å²) in [7, 11) is -3.36. The summed E-state index contributed by atoms with van der Waals surface area (Å²) in [5, 5.41) is 11.7. The van der Waals surface area contributed by atoms with Gasteiger partial charge in [-0.15, -0.1) is 5.10 Å². The molecule has 1 aliphatic carbocycles. The minimum Gasteiger partial charge on any atom is -0.228 e. The summed E-state index contributed by atoms with van der Waals surface area (Å²) in [5.41, 5.74) is 0.597. The smallest absolute Gasteiger partial charge is 0.166 e. The van der Waals surface area contributed by atoms with E-state index in [1.807, 2.05) is 0 Å². The lowest BCUT2D eigenvalue weighted by molar-refractivity contribution is 0.574. The lowest BCUT2D eigenvalue weighted by Crippen LogP contribution is -2.13. The van der Waals surface area contributed by atoms with E-state index in [4.69, 9.17) is 11.6 Å². The third-order valence-electron chi connectivity index (χ3n) is 3.14. The van der Waals surface area contributed by atoms with Crippen LogP contribution in [0.3, 0.4) is 0 Å². The van der Waals surface area contributed by atoms with Gasteiger partial charge in [0.25, 0.3) is 0 Å². The second-order valence-electron chi connectivity index (χ2n) is 4.89. The molecule has 2 aromatic rings. The first-order valence-electron chi connectivity index (χ1n) is 6.26. The Morgan fingerprint density at radius 2 is 2.00 bits per heavy atom. The second-order valence-corrected chi connectivity index (χ2v) is 7.37. The zero-order valence-electron chi connectivity index (χ0n) is 10.6. The van der Waals surface area contributed by atoms with Crippen LogP contribution in [0.1, 0.15) is 30.3 Å². The van der Waals surface area contributed by atoms with Crippen LogP contribution in [0.5, 0.6) is 0 Å². The van der Waals surface area contributed by atoms with E-state index in [-0.39, 0.29) is 17.5 Å². The fourth-order valence-corrected chi connectivity index (χ4v) is 3.70. The summed E-state index contributed by atoms with van der Waals surface area (Å²) in [6.07, 6.45) is 2.01. The molecule has 0 saturated heterocycles. The van der Waals surface area contributed by atoms with E-state index in [0.717, 1.165) is 12.8 Å². The summed E-state index contributed by atoms with van der Waals surface area (Å²) in [6.45, 7) is 0. The van der Waals surface area contributed by atoms with Crippen molar-refractivity contribution in [2.75, 3.05) is 0 Å². The third kappa shape index (κ3) is 2.99. The van der Waals surface area contributed by atoms with Crippen LogP contribution in [-0.2, 0) is 21.3 Å². The highest BCUT2D eigenvalue weighted by atomic mass is 35.5. The predicted molar refractivity (Wildman–Crippen MR) is 73.9 cm³/mol. The van der Waals surface area contributed by atoms with Gasteiger partial charge in [0.1, 0.15) is 5.75 Å². The number of halogens is 1. The van der Waals surface area contributed by atoms with Gasteiger partial charge in [0, 0.05) is 5.02 Å². The van der Waals surface area contributed by atoms with Crippen molar-refractivity contribution in [2.24, 2.45) is 0 Å². The van der Waals surface area contributed by atoms with Gasteiger partial charge < -0.3 is 0 Å². The van der Waals surface area contributed by atoms with Gasteiger partial charge >= 0.3 is 0 Å². The molecule has 0 N–H and O–H groups in total. The average Bonchev–Trinajstić information content (AvgIpc) is 3.13. The minimum absolute atomic E-state index is 0.107. The van der Waals surface area contributed by atoms with Crippen LogP contribution in [0, 0.1) is 0 Å². The van der Waals surface area contributed by atoms with Crippen LogP contribution >= 0.6 is 11.6 Å². The fourth-order valence-electron chi connectivity index (χ4n) is 2.01. The van der Waals surface area contributed by atoms with Crippen LogP contribution in [0.15, 0.2) is 24.3 Å². The van der Waals surface area contributed by atoms with Crippen molar-refractivity contribution in [3.63, 3.8) is 0 Å². The van der Waals surface area contributed by atoms with Crippen molar-refractivity contribution in [1.82, 2.24) is 20.2 Å². The van der Waals surface area contributed by atoms with E-state index in [1.165, 1.54) is 0 Å². The number of hydrogen-bond donors (Lipinski definition) is 0. The Balaban J connectivity index is 1.79. The first-order valence-corrected chi connectivity index (χ1v) is 8.46. The van der Waals surface area contributed by atoms with Gasteiger partial charge in [-0.25, -0.2) is 13.1 Å². The highest BCUT2D eigenvalue weighted by Crippen LogP contribution is 2.34. The molecule has 0 radical (unpaired) electrons. The Kier molecular flexibility index (Phi) is 3.47. The van der Waals surface area contributed by atoms with Crippen molar-refractivity contribution in [1.29, 1.82) is 0 Å². The summed E-state index contributed by atoms with van der Waals surface area (Å²) in [5.74, 6) is 0.130. The minimum atomic E-state index is -3.36. The van der Waals surface area contributed by atoms with E-state index >= 15 is 0 Å². The van der Waals surface area contributed by atoms with Gasteiger partial charge in [-0.1, -0.05) is 29.8 Å². The molecule has 1 aromatic carbocycles. The maximum Gasteiger partial charge on any atom is 0.166 e. The molecule has 1 fully saturated rings.